The third-order valence-electron chi connectivity index (χ3n) is 3.71. The Labute approximate surface area is 162 Å². The summed E-state index contributed by atoms with van der Waals surface area (Å²) in [5.41, 5.74) is 7.22. The average Bonchev–Trinajstić information content (AvgIpc) is 2.98. The van der Waals surface area contributed by atoms with Crippen LogP contribution in [-0.4, -0.2) is 18.9 Å². The van der Waals surface area contributed by atoms with E-state index in [-0.39, 0.29) is 27.8 Å². The lowest BCUT2D eigenvalue weighted by molar-refractivity contribution is 0.0986. The summed E-state index contributed by atoms with van der Waals surface area (Å²) in [6.07, 6.45) is 0. The molecule has 0 fully saturated rings. The number of amides is 2. The number of nitrogens with one attached hydrogen (secondary N) is 1. The van der Waals surface area contributed by atoms with Crippen LogP contribution < -0.4 is 15.8 Å². The van der Waals surface area contributed by atoms with Gasteiger partial charge in [-0.05, 0) is 58.7 Å². The van der Waals surface area contributed by atoms with Crippen molar-refractivity contribution in [3.63, 3.8) is 0 Å². The van der Waals surface area contributed by atoms with Gasteiger partial charge in [0.1, 0.15) is 5.58 Å². The first-order valence-corrected chi connectivity index (χ1v) is 8.65. The predicted octanol–water partition coefficient (Wildman–Crippen LogP) is 4.52. The number of halogens is 2. The number of hydrogen-bond acceptors (Lipinski definition) is 4. The van der Waals surface area contributed by atoms with Crippen LogP contribution in [0.4, 0.5) is 5.69 Å². The number of ether oxygens (including phenoxy) is 1. The monoisotopic (exact) mass is 436 g/mol. The first kappa shape index (κ1) is 18.3. The zero-order valence-electron chi connectivity index (χ0n) is 13.9. The van der Waals surface area contributed by atoms with Gasteiger partial charge in [0.25, 0.3) is 11.8 Å². The van der Waals surface area contributed by atoms with Crippen LogP contribution in [0.5, 0.6) is 5.75 Å². The van der Waals surface area contributed by atoms with Gasteiger partial charge in [-0.15, -0.1) is 0 Å². The molecular formula is C18H14BrClN2O4. The molecule has 0 radical (unpaired) electrons. The highest BCUT2D eigenvalue weighted by atomic mass is 79.9. The van der Waals surface area contributed by atoms with E-state index in [1.165, 1.54) is 19.2 Å². The summed E-state index contributed by atoms with van der Waals surface area (Å²) in [5, 5.41) is 3.67. The Balaban J connectivity index is 2.00. The molecule has 3 rings (SSSR count). The Kier molecular flexibility index (Phi) is 4.93. The number of anilines is 1. The molecule has 2 aromatic carbocycles. The number of benzene rings is 2. The van der Waals surface area contributed by atoms with Gasteiger partial charge in [0.05, 0.1) is 22.8 Å². The molecule has 0 aliphatic heterocycles. The van der Waals surface area contributed by atoms with Crippen molar-refractivity contribution in [2.24, 2.45) is 5.73 Å². The molecule has 1 aromatic heterocycles. The largest absolute Gasteiger partial charge is 0.494 e. The molecule has 0 unspecified atom stereocenters. The molecule has 0 aliphatic rings. The van der Waals surface area contributed by atoms with Crippen molar-refractivity contribution < 1.29 is 18.7 Å². The molecule has 0 atom stereocenters. The number of fused-ring (bicyclic) bond motifs is 1. The highest BCUT2D eigenvalue weighted by molar-refractivity contribution is 9.10. The number of hydrogen-bond donors (Lipinski definition) is 2. The molecule has 8 heteroatoms. The van der Waals surface area contributed by atoms with Crippen LogP contribution >= 0.6 is 27.5 Å². The summed E-state index contributed by atoms with van der Waals surface area (Å²) in [4.78, 5) is 24.2. The van der Waals surface area contributed by atoms with Crippen molar-refractivity contribution in [3.05, 3.63) is 56.7 Å². The molecule has 134 valence electrons. The van der Waals surface area contributed by atoms with Crippen LogP contribution in [0, 0.1) is 6.92 Å². The van der Waals surface area contributed by atoms with Crippen molar-refractivity contribution in [2.75, 3.05) is 12.4 Å². The van der Waals surface area contributed by atoms with Gasteiger partial charge in [0.2, 0.25) is 0 Å². The van der Waals surface area contributed by atoms with Gasteiger partial charge in [-0.1, -0.05) is 11.6 Å². The van der Waals surface area contributed by atoms with Crippen molar-refractivity contribution in [1.29, 1.82) is 0 Å². The Morgan fingerprint density at radius 2 is 1.96 bits per heavy atom. The maximum Gasteiger partial charge on any atom is 0.291 e. The van der Waals surface area contributed by atoms with Crippen molar-refractivity contribution >= 4 is 56.0 Å². The third-order valence-corrected chi connectivity index (χ3v) is 4.52. The first-order valence-electron chi connectivity index (χ1n) is 7.48. The summed E-state index contributed by atoms with van der Waals surface area (Å²) >= 11 is 9.43. The minimum Gasteiger partial charge on any atom is -0.494 e. The summed E-state index contributed by atoms with van der Waals surface area (Å²) in [5.74, 6) is -0.998. The van der Waals surface area contributed by atoms with Crippen molar-refractivity contribution in [3.8, 4) is 5.75 Å². The number of rotatable bonds is 4. The smallest absolute Gasteiger partial charge is 0.291 e. The zero-order chi connectivity index (χ0) is 19.0. The summed E-state index contributed by atoms with van der Waals surface area (Å²) in [7, 11) is 1.37. The SMILES string of the molecule is COc1c(NC(=O)c2cc3cc(C)cc(Br)c3o2)cc(Cl)cc1C(N)=O. The van der Waals surface area contributed by atoms with Crippen LogP contribution in [0.3, 0.4) is 0 Å². The normalized spacial score (nSPS) is 10.8. The van der Waals surface area contributed by atoms with E-state index in [1.54, 1.807) is 6.07 Å². The number of aryl methyl sites for hydroxylation is 1. The number of primary amides is 1. The van der Waals surface area contributed by atoms with E-state index < -0.39 is 11.8 Å². The Morgan fingerprint density at radius 3 is 2.62 bits per heavy atom. The number of nitrogens with two attached hydrogens (primary N) is 1. The molecule has 0 saturated heterocycles. The van der Waals surface area contributed by atoms with E-state index in [0.717, 1.165) is 15.4 Å². The number of furan rings is 1. The van der Waals surface area contributed by atoms with Crippen LogP contribution in [0.15, 0.2) is 39.2 Å². The molecule has 26 heavy (non-hydrogen) atoms. The molecule has 0 spiro atoms. The quantitative estimate of drug-likeness (QED) is 0.627. The number of carbonyl (C=O) groups is 2. The van der Waals surface area contributed by atoms with E-state index in [9.17, 15) is 9.59 Å². The van der Waals surface area contributed by atoms with Gasteiger partial charge in [0.15, 0.2) is 11.5 Å². The van der Waals surface area contributed by atoms with Gasteiger partial charge in [-0.2, -0.15) is 0 Å². The standard InChI is InChI=1S/C18H14BrClN2O4/c1-8-3-9-5-14(26-15(9)12(19)4-8)18(24)22-13-7-10(20)6-11(17(21)23)16(13)25-2/h3-7H,1-2H3,(H2,21,23)(H,22,24). The van der Waals surface area contributed by atoms with Crippen molar-refractivity contribution in [2.45, 2.75) is 6.92 Å². The Bertz CT molecular complexity index is 1050. The van der Waals surface area contributed by atoms with E-state index in [1.807, 2.05) is 19.1 Å². The average molecular weight is 438 g/mol. The molecule has 6 nitrogen and oxygen atoms in total. The van der Waals surface area contributed by atoms with Gasteiger partial charge < -0.3 is 20.2 Å². The first-order chi connectivity index (χ1) is 12.3. The van der Waals surface area contributed by atoms with Gasteiger partial charge in [-0.25, -0.2) is 0 Å². The van der Waals surface area contributed by atoms with E-state index in [4.69, 9.17) is 26.5 Å². The number of carbonyl (C=O) groups excluding carboxylic acids is 2. The van der Waals surface area contributed by atoms with E-state index in [0.29, 0.717) is 5.58 Å². The lowest BCUT2D eigenvalue weighted by Crippen LogP contribution is -2.16. The summed E-state index contributed by atoms with van der Waals surface area (Å²) in [6, 6.07) is 8.28. The maximum absolute atomic E-state index is 12.6. The van der Waals surface area contributed by atoms with Crippen LogP contribution in [0.25, 0.3) is 11.0 Å². The molecule has 1 heterocycles. The van der Waals surface area contributed by atoms with E-state index in [2.05, 4.69) is 21.2 Å². The fourth-order valence-electron chi connectivity index (χ4n) is 2.64. The van der Waals surface area contributed by atoms with Crippen LogP contribution in [0.1, 0.15) is 26.5 Å². The second kappa shape index (κ2) is 7.01. The minimum atomic E-state index is -0.719. The molecule has 3 aromatic rings. The Hall–Kier alpha value is -2.51. The topological polar surface area (TPSA) is 94.6 Å². The Morgan fingerprint density at radius 1 is 1.23 bits per heavy atom. The van der Waals surface area contributed by atoms with E-state index >= 15 is 0 Å². The number of methoxy groups -OCH3 is 1. The van der Waals surface area contributed by atoms with Crippen LogP contribution in [0.2, 0.25) is 5.02 Å². The fourth-order valence-corrected chi connectivity index (χ4v) is 3.53. The molecule has 3 N–H and O–H groups in total. The lowest BCUT2D eigenvalue weighted by atomic mass is 10.1. The van der Waals surface area contributed by atoms with Gasteiger partial charge in [-0.3, -0.25) is 9.59 Å². The second-order valence-corrected chi connectivity index (χ2v) is 6.92. The van der Waals surface area contributed by atoms with Gasteiger partial charge >= 0.3 is 0 Å². The predicted molar refractivity (Wildman–Crippen MR) is 103 cm³/mol. The van der Waals surface area contributed by atoms with Crippen molar-refractivity contribution in [1.82, 2.24) is 0 Å². The van der Waals surface area contributed by atoms with Crippen LogP contribution in [-0.2, 0) is 0 Å². The second-order valence-electron chi connectivity index (χ2n) is 5.63. The molecular weight excluding hydrogens is 424 g/mol. The fraction of sp³-hybridized carbons (Fsp3) is 0.111. The van der Waals surface area contributed by atoms with Gasteiger partial charge in [0, 0.05) is 10.4 Å². The lowest BCUT2D eigenvalue weighted by Gasteiger charge is -2.13. The molecule has 0 aliphatic carbocycles. The molecule has 2 amide bonds. The minimum absolute atomic E-state index is 0.0678. The zero-order valence-corrected chi connectivity index (χ0v) is 16.2. The molecule has 0 saturated carbocycles. The third kappa shape index (κ3) is 3.40. The highest BCUT2D eigenvalue weighted by Crippen LogP contribution is 2.34. The summed E-state index contributed by atoms with van der Waals surface area (Å²) < 4.78 is 11.6. The maximum atomic E-state index is 12.6. The highest BCUT2D eigenvalue weighted by Gasteiger charge is 2.20. The molecule has 0 bridgehead atoms. The summed E-state index contributed by atoms with van der Waals surface area (Å²) in [6.45, 7) is 1.94.